The zero-order valence-corrected chi connectivity index (χ0v) is 10.8. The maximum absolute atomic E-state index is 12.2. The standard InChI is InChI=1S/C16H17NO/c1-3-5-13-7-8-14(10-12(13)2)16(18)15-6-4-9-17-11-15/h4,6-11H,3,5H2,1-2H3. The van der Waals surface area contributed by atoms with E-state index in [2.05, 4.69) is 24.9 Å². The van der Waals surface area contributed by atoms with Crippen LogP contribution in [0.1, 0.15) is 40.4 Å². The molecule has 0 aliphatic rings. The SMILES string of the molecule is CCCc1ccc(C(=O)c2cccnc2)cc1C. The van der Waals surface area contributed by atoms with Crippen LogP contribution in [-0.2, 0) is 6.42 Å². The summed E-state index contributed by atoms with van der Waals surface area (Å²) in [5, 5.41) is 0. The van der Waals surface area contributed by atoms with E-state index in [1.165, 1.54) is 11.1 Å². The molecule has 0 bridgehead atoms. The first kappa shape index (κ1) is 12.5. The van der Waals surface area contributed by atoms with Gasteiger partial charge in [0, 0.05) is 23.5 Å². The number of hydrogen-bond acceptors (Lipinski definition) is 2. The van der Waals surface area contributed by atoms with Gasteiger partial charge >= 0.3 is 0 Å². The molecule has 0 spiro atoms. The van der Waals surface area contributed by atoms with Gasteiger partial charge in [-0.25, -0.2) is 0 Å². The number of hydrogen-bond donors (Lipinski definition) is 0. The molecule has 2 heteroatoms. The van der Waals surface area contributed by atoms with Crippen LogP contribution in [0.25, 0.3) is 0 Å². The van der Waals surface area contributed by atoms with E-state index in [0.29, 0.717) is 5.56 Å². The highest BCUT2D eigenvalue weighted by atomic mass is 16.1. The third-order valence-electron chi connectivity index (χ3n) is 3.05. The van der Waals surface area contributed by atoms with Crippen LogP contribution in [0.4, 0.5) is 0 Å². The van der Waals surface area contributed by atoms with Gasteiger partial charge in [-0.05, 0) is 42.7 Å². The third-order valence-corrected chi connectivity index (χ3v) is 3.05. The lowest BCUT2D eigenvalue weighted by molar-refractivity contribution is 0.103. The number of carbonyl (C=O) groups is 1. The molecule has 18 heavy (non-hydrogen) atoms. The van der Waals surface area contributed by atoms with Crippen LogP contribution in [0.5, 0.6) is 0 Å². The molecule has 0 saturated carbocycles. The highest BCUT2D eigenvalue weighted by molar-refractivity contribution is 6.08. The second-order valence-electron chi connectivity index (χ2n) is 4.46. The largest absolute Gasteiger partial charge is 0.289 e. The van der Waals surface area contributed by atoms with Crippen molar-refractivity contribution in [1.82, 2.24) is 4.98 Å². The zero-order chi connectivity index (χ0) is 13.0. The van der Waals surface area contributed by atoms with Crippen LogP contribution >= 0.6 is 0 Å². The minimum Gasteiger partial charge on any atom is -0.289 e. The number of benzene rings is 1. The second-order valence-corrected chi connectivity index (χ2v) is 4.46. The molecule has 1 aromatic heterocycles. The van der Waals surface area contributed by atoms with Crippen molar-refractivity contribution in [3.05, 3.63) is 65.0 Å². The van der Waals surface area contributed by atoms with Crippen LogP contribution in [0.3, 0.4) is 0 Å². The number of aromatic nitrogens is 1. The molecule has 2 nitrogen and oxygen atoms in total. The van der Waals surface area contributed by atoms with E-state index in [1.807, 2.05) is 12.1 Å². The number of ketones is 1. The van der Waals surface area contributed by atoms with E-state index >= 15 is 0 Å². The molecular formula is C16H17NO. The maximum atomic E-state index is 12.2. The molecule has 0 N–H and O–H groups in total. The summed E-state index contributed by atoms with van der Waals surface area (Å²) in [5.41, 5.74) is 3.88. The lowest BCUT2D eigenvalue weighted by atomic mass is 9.97. The van der Waals surface area contributed by atoms with Gasteiger partial charge in [-0.15, -0.1) is 0 Å². The van der Waals surface area contributed by atoms with Gasteiger partial charge in [-0.2, -0.15) is 0 Å². The molecule has 2 aromatic rings. The van der Waals surface area contributed by atoms with Crippen LogP contribution in [0, 0.1) is 6.92 Å². The molecule has 0 atom stereocenters. The van der Waals surface area contributed by atoms with E-state index in [0.717, 1.165) is 18.4 Å². The number of carbonyl (C=O) groups excluding carboxylic acids is 1. The van der Waals surface area contributed by atoms with Crippen LogP contribution in [0.2, 0.25) is 0 Å². The van der Waals surface area contributed by atoms with Crippen molar-refractivity contribution >= 4 is 5.78 Å². The maximum Gasteiger partial charge on any atom is 0.194 e. The van der Waals surface area contributed by atoms with Gasteiger partial charge in [0.25, 0.3) is 0 Å². The summed E-state index contributed by atoms with van der Waals surface area (Å²) < 4.78 is 0. The Labute approximate surface area is 108 Å². The first-order chi connectivity index (χ1) is 8.72. The Morgan fingerprint density at radius 2 is 2.06 bits per heavy atom. The minimum atomic E-state index is 0.0363. The zero-order valence-electron chi connectivity index (χ0n) is 10.8. The summed E-state index contributed by atoms with van der Waals surface area (Å²) in [7, 11) is 0. The molecule has 1 heterocycles. The van der Waals surface area contributed by atoms with Gasteiger partial charge < -0.3 is 0 Å². The number of rotatable bonds is 4. The first-order valence-electron chi connectivity index (χ1n) is 6.26. The molecule has 0 aliphatic heterocycles. The normalized spacial score (nSPS) is 10.3. The lowest BCUT2D eigenvalue weighted by Gasteiger charge is -2.07. The summed E-state index contributed by atoms with van der Waals surface area (Å²) in [6.07, 6.45) is 5.47. The Hall–Kier alpha value is -1.96. The average molecular weight is 239 g/mol. The Morgan fingerprint density at radius 3 is 2.67 bits per heavy atom. The van der Waals surface area contributed by atoms with Crippen molar-refractivity contribution in [1.29, 1.82) is 0 Å². The monoisotopic (exact) mass is 239 g/mol. The Balaban J connectivity index is 2.30. The van der Waals surface area contributed by atoms with E-state index in [-0.39, 0.29) is 5.78 Å². The van der Waals surface area contributed by atoms with Gasteiger partial charge in [-0.3, -0.25) is 9.78 Å². The summed E-state index contributed by atoms with van der Waals surface area (Å²) in [4.78, 5) is 16.2. The smallest absolute Gasteiger partial charge is 0.194 e. The topological polar surface area (TPSA) is 30.0 Å². The third kappa shape index (κ3) is 2.65. The fourth-order valence-electron chi connectivity index (χ4n) is 2.05. The molecule has 2 rings (SSSR count). The highest BCUT2D eigenvalue weighted by Crippen LogP contribution is 2.15. The van der Waals surface area contributed by atoms with Crippen molar-refractivity contribution in [2.45, 2.75) is 26.7 Å². The summed E-state index contributed by atoms with van der Waals surface area (Å²) in [5.74, 6) is 0.0363. The lowest BCUT2D eigenvalue weighted by Crippen LogP contribution is -2.03. The van der Waals surface area contributed by atoms with E-state index in [9.17, 15) is 4.79 Å². The second kappa shape index (κ2) is 5.58. The number of nitrogens with zero attached hydrogens (tertiary/aromatic N) is 1. The molecular weight excluding hydrogens is 222 g/mol. The Morgan fingerprint density at radius 1 is 1.22 bits per heavy atom. The fraction of sp³-hybridized carbons (Fsp3) is 0.250. The van der Waals surface area contributed by atoms with E-state index in [4.69, 9.17) is 0 Å². The highest BCUT2D eigenvalue weighted by Gasteiger charge is 2.10. The van der Waals surface area contributed by atoms with Gasteiger partial charge in [-0.1, -0.05) is 25.5 Å². The van der Waals surface area contributed by atoms with Crippen molar-refractivity contribution in [3.63, 3.8) is 0 Å². The van der Waals surface area contributed by atoms with Gasteiger partial charge in [0.05, 0.1) is 0 Å². The Bertz CT molecular complexity index is 546. The molecule has 1 aromatic carbocycles. The van der Waals surface area contributed by atoms with Gasteiger partial charge in [0.2, 0.25) is 0 Å². The molecule has 0 radical (unpaired) electrons. The van der Waals surface area contributed by atoms with Crippen molar-refractivity contribution in [3.8, 4) is 0 Å². The average Bonchev–Trinajstić information content (AvgIpc) is 2.41. The number of aryl methyl sites for hydroxylation is 2. The molecule has 92 valence electrons. The van der Waals surface area contributed by atoms with Crippen LogP contribution in [-0.4, -0.2) is 10.8 Å². The predicted molar refractivity (Wildman–Crippen MR) is 72.8 cm³/mol. The van der Waals surface area contributed by atoms with Gasteiger partial charge in [0.15, 0.2) is 5.78 Å². The Kier molecular flexibility index (Phi) is 3.88. The summed E-state index contributed by atoms with van der Waals surface area (Å²) >= 11 is 0. The predicted octanol–water partition coefficient (Wildman–Crippen LogP) is 3.57. The van der Waals surface area contributed by atoms with Crippen molar-refractivity contribution in [2.75, 3.05) is 0 Å². The summed E-state index contributed by atoms with van der Waals surface area (Å²) in [6.45, 7) is 4.22. The molecule has 0 fully saturated rings. The van der Waals surface area contributed by atoms with Crippen molar-refractivity contribution in [2.24, 2.45) is 0 Å². The molecule has 0 saturated heterocycles. The van der Waals surface area contributed by atoms with Crippen LogP contribution in [0.15, 0.2) is 42.7 Å². The molecule has 0 aliphatic carbocycles. The van der Waals surface area contributed by atoms with E-state index in [1.54, 1.807) is 24.5 Å². The fourth-order valence-corrected chi connectivity index (χ4v) is 2.05. The number of pyridine rings is 1. The van der Waals surface area contributed by atoms with Crippen LogP contribution < -0.4 is 0 Å². The minimum absolute atomic E-state index is 0.0363. The van der Waals surface area contributed by atoms with Crippen molar-refractivity contribution < 1.29 is 4.79 Å². The van der Waals surface area contributed by atoms with E-state index < -0.39 is 0 Å². The first-order valence-corrected chi connectivity index (χ1v) is 6.26. The summed E-state index contributed by atoms with van der Waals surface area (Å²) in [6, 6.07) is 9.52. The van der Waals surface area contributed by atoms with Gasteiger partial charge in [0.1, 0.15) is 0 Å². The molecule has 0 unspecified atom stereocenters. The quantitative estimate of drug-likeness (QED) is 0.763. The molecule has 0 amide bonds.